The summed E-state index contributed by atoms with van der Waals surface area (Å²) < 4.78 is 5.12. The smallest absolute Gasteiger partial charge is 0.308 e. The molecule has 7 nitrogen and oxygen atoms in total. The standard InChI is InChI=1S/C22H25N3O4/c1-14(2)21-24-20(29-25-21)11-10-19(26)23-13-17(22(27)28)12-16-8-5-7-15-6-3-4-9-18(15)16/h3-9,14,17H,10-13H2,1-2H3,(H,23,26)(H,27,28). The van der Waals surface area contributed by atoms with Crippen LogP contribution in [0.4, 0.5) is 0 Å². The zero-order chi connectivity index (χ0) is 20.8. The van der Waals surface area contributed by atoms with E-state index in [1.165, 1.54) is 0 Å². The van der Waals surface area contributed by atoms with Crippen LogP contribution in [0.5, 0.6) is 0 Å². The molecule has 7 heteroatoms. The highest BCUT2D eigenvalue weighted by molar-refractivity contribution is 5.86. The molecule has 152 valence electrons. The first-order chi connectivity index (χ1) is 13.9. The maximum absolute atomic E-state index is 12.2. The van der Waals surface area contributed by atoms with Crippen molar-refractivity contribution in [3.63, 3.8) is 0 Å². The van der Waals surface area contributed by atoms with Crippen molar-refractivity contribution in [1.29, 1.82) is 0 Å². The topological polar surface area (TPSA) is 105 Å². The van der Waals surface area contributed by atoms with E-state index < -0.39 is 11.9 Å². The molecule has 0 fully saturated rings. The van der Waals surface area contributed by atoms with Gasteiger partial charge in [-0.1, -0.05) is 61.5 Å². The first kappa shape index (κ1) is 20.5. The molecule has 1 atom stereocenters. The summed E-state index contributed by atoms with van der Waals surface area (Å²) in [4.78, 5) is 28.1. The summed E-state index contributed by atoms with van der Waals surface area (Å²) in [6, 6.07) is 13.7. The van der Waals surface area contributed by atoms with Crippen molar-refractivity contribution in [2.24, 2.45) is 5.92 Å². The molecule has 0 aliphatic rings. The second-order valence-electron chi connectivity index (χ2n) is 7.38. The predicted molar refractivity (Wildman–Crippen MR) is 108 cm³/mol. The molecule has 2 aromatic carbocycles. The van der Waals surface area contributed by atoms with Gasteiger partial charge in [-0.15, -0.1) is 0 Å². The third-order valence-electron chi connectivity index (χ3n) is 4.81. The Morgan fingerprint density at radius 1 is 1.14 bits per heavy atom. The van der Waals surface area contributed by atoms with Crippen molar-refractivity contribution in [2.45, 2.75) is 39.0 Å². The van der Waals surface area contributed by atoms with Gasteiger partial charge >= 0.3 is 5.97 Å². The summed E-state index contributed by atoms with van der Waals surface area (Å²) in [7, 11) is 0. The normalized spacial score (nSPS) is 12.2. The maximum Gasteiger partial charge on any atom is 0.308 e. The number of fused-ring (bicyclic) bond motifs is 1. The van der Waals surface area contributed by atoms with Gasteiger partial charge in [0.2, 0.25) is 11.8 Å². The van der Waals surface area contributed by atoms with Gasteiger partial charge in [-0.25, -0.2) is 0 Å². The summed E-state index contributed by atoms with van der Waals surface area (Å²) in [5.41, 5.74) is 0.955. The molecule has 1 aromatic heterocycles. The minimum absolute atomic E-state index is 0.0679. The molecule has 0 saturated heterocycles. The quantitative estimate of drug-likeness (QED) is 0.576. The number of hydrogen-bond donors (Lipinski definition) is 2. The molecule has 0 aliphatic carbocycles. The van der Waals surface area contributed by atoms with Gasteiger partial charge in [0.1, 0.15) is 0 Å². The summed E-state index contributed by atoms with van der Waals surface area (Å²) in [5, 5.41) is 18.3. The van der Waals surface area contributed by atoms with Crippen molar-refractivity contribution in [3.05, 3.63) is 59.7 Å². The van der Waals surface area contributed by atoms with E-state index in [0.717, 1.165) is 16.3 Å². The highest BCUT2D eigenvalue weighted by atomic mass is 16.5. The third kappa shape index (κ3) is 5.40. The van der Waals surface area contributed by atoms with Gasteiger partial charge < -0.3 is 14.9 Å². The fourth-order valence-electron chi connectivity index (χ4n) is 3.13. The Bertz CT molecular complexity index is 991. The first-order valence-corrected chi connectivity index (χ1v) is 9.72. The fraction of sp³-hybridized carbons (Fsp3) is 0.364. The Balaban J connectivity index is 1.56. The van der Waals surface area contributed by atoms with Gasteiger partial charge in [0.15, 0.2) is 5.82 Å². The molecule has 2 N–H and O–H groups in total. The van der Waals surface area contributed by atoms with Gasteiger partial charge in [-0.05, 0) is 22.8 Å². The summed E-state index contributed by atoms with van der Waals surface area (Å²) in [6.45, 7) is 3.99. The SMILES string of the molecule is CC(C)c1noc(CCC(=O)NCC(Cc2cccc3ccccc23)C(=O)O)n1. The van der Waals surface area contributed by atoms with E-state index in [1.807, 2.05) is 56.3 Å². The van der Waals surface area contributed by atoms with Crippen LogP contribution in [0, 0.1) is 5.92 Å². The van der Waals surface area contributed by atoms with E-state index >= 15 is 0 Å². The van der Waals surface area contributed by atoms with Gasteiger partial charge in [0, 0.05) is 25.3 Å². The average molecular weight is 395 g/mol. The highest BCUT2D eigenvalue weighted by Gasteiger charge is 2.20. The second-order valence-corrected chi connectivity index (χ2v) is 7.38. The van der Waals surface area contributed by atoms with Crippen LogP contribution in [0.15, 0.2) is 47.0 Å². The number of rotatable bonds is 9. The number of nitrogens with one attached hydrogen (secondary N) is 1. The number of carbonyl (C=O) groups is 2. The fourth-order valence-corrected chi connectivity index (χ4v) is 3.13. The minimum atomic E-state index is -0.934. The number of aryl methyl sites for hydroxylation is 1. The van der Waals surface area contributed by atoms with Crippen LogP contribution in [-0.2, 0) is 22.4 Å². The van der Waals surface area contributed by atoms with E-state index in [-0.39, 0.29) is 24.8 Å². The minimum Gasteiger partial charge on any atom is -0.481 e. The monoisotopic (exact) mass is 395 g/mol. The van der Waals surface area contributed by atoms with Gasteiger partial charge in [0.05, 0.1) is 5.92 Å². The Hall–Kier alpha value is -3.22. The van der Waals surface area contributed by atoms with Crippen LogP contribution in [0.25, 0.3) is 10.8 Å². The third-order valence-corrected chi connectivity index (χ3v) is 4.81. The lowest BCUT2D eigenvalue weighted by atomic mass is 9.95. The predicted octanol–water partition coefficient (Wildman–Crippen LogP) is 3.34. The molecule has 0 saturated carbocycles. The highest BCUT2D eigenvalue weighted by Crippen LogP contribution is 2.21. The maximum atomic E-state index is 12.2. The van der Waals surface area contributed by atoms with E-state index in [2.05, 4.69) is 15.5 Å². The van der Waals surface area contributed by atoms with Crippen molar-refractivity contribution in [1.82, 2.24) is 15.5 Å². The summed E-state index contributed by atoms with van der Waals surface area (Å²) in [5.74, 6) is -0.696. The zero-order valence-corrected chi connectivity index (χ0v) is 16.6. The number of aliphatic carboxylic acids is 1. The number of benzene rings is 2. The van der Waals surface area contributed by atoms with Crippen molar-refractivity contribution in [2.75, 3.05) is 6.54 Å². The van der Waals surface area contributed by atoms with E-state index in [9.17, 15) is 14.7 Å². The molecule has 1 heterocycles. The van der Waals surface area contributed by atoms with Crippen molar-refractivity contribution in [3.8, 4) is 0 Å². The first-order valence-electron chi connectivity index (χ1n) is 9.72. The summed E-state index contributed by atoms with van der Waals surface area (Å²) in [6.07, 6.45) is 0.839. The number of carboxylic acids is 1. The van der Waals surface area contributed by atoms with E-state index in [1.54, 1.807) is 0 Å². The Morgan fingerprint density at radius 2 is 1.90 bits per heavy atom. The Morgan fingerprint density at radius 3 is 2.62 bits per heavy atom. The van der Waals surface area contributed by atoms with E-state index in [0.29, 0.717) is 24.6 Å². The molecule has 3 aromatic rings. The second kappa shape index (κ2) is 9.32. The van der Waals surface area contributed by atoms with Crippen LogP contribution in [0.1, 0.15) is 43.5 Å². The molecule has 1 unspecified atom stereocenters. The molecular formula is C22H25N3O4. The van der Waals surface area contributed by atoms with E-state index in [4.69, 9.17) is 4.52 Å². The summed E-state index contributed by atoms with van der Waals surface area (Å²) >= 11 is 0. The molecule has 0 radical (unpaired) electrons. The average Bonchev–Trinajstić information content (AvgIpc) is 3.19. The number of nitrogens with zero attached hydrogens (tertiary/aromatic N) is 2. The molecule has 1 amide bonds. The van der Waals surface area contributed by atoms with Gasteiger partial charge in [-0.2, -0.15) is 4.98 Å². The molecule has 0 aliphatic heterocycles. The molecule has 0 spiro atoms. The van der Waals surface area contributed by atoms with Gasteiger partial charge in [-0.3, -0.25) is 9.59 Å². The number of amides is 1. The van der Waals surface area contributed by atoms with Crippen molar-refractivity contribution >= 4 is 22.6 Å². The number of aromatic nitrogens is 2. The van der Waals surface area contributed by atoms with Crippen molar-refractivity contribution < 1.29 is 19.2 Å². The Labute approximate surface area is 169 Å². The molecular weight excluding hydrogens is 370 g/mol. The lowest BCUT2D eigenvalue weighted by molar-refractivity contribution is -0.141. The Kier molecular flexibility index (Phi) is 6.59. The van der Waals surface area contributed by atoms with Crippen LogP contribution < -0.4 is 5.32 Å². The lowest BCUT2D eigenvalue weighted by Gasteiger charge is -2.15. The van der Waals surface area contributed by atoms with Crippen LogP contribution in [0.3, 0.4) is 0 Å². The molecule has 3 rings (SSSR count). The van der Waals surface area contributed by atoms with Crippen LogP contribution in [-0.4, -0.2) is 33.7 Å². The zero-order valence-electron chi connectivity index (χ0n) is 16.6. The number of hydrogen-bond acceptors (Lipinski definition) is 5. The molecule has 29 heavy (non-hydrogen) atoms. The van der Waals surface area contributed by atoms with Gasteiger partial charge in [0.25, 0.3) is 0 Å². The number of carbonyl (C=O) groups excluding carboxylic acids is 1. The lowest BCUT2D eigenvalue weighted by Crippen LogP contribution is -2.34. The van der Waals surface area contributed by atoms with Crippen LogP contribution >= 0.6 is 0 Å². The largest absolute Gasteiger partial charge is 0.481 e. The van der Waals surface area contributed by atoms with Crippen LogP contribution in [0.2, 0.25) is 0 Å². The number of carboxylic acid groups (broad SMARTS) is 1. The molecule has 0 bridgehead atoms.